The van der Waals surface area contributed by atoms with Crippen LogP contribution in [0, 0.1) is 5.82 Å². The van der Waals surface area contributed by atoms with Crippen molar-refractivity contribution < 1.29 is 9.18 Å². The number of aromatic nitrogens is 2. The van der Waals surface area contributed by atoms with E-state index in [4.69, 9.17) is 0 Å². The van der Waals surface area contributed by atoms with E-state index in [9.17, 15) is 9.18 Å². The number of carbonyl (C=O) groups excluding carboxylic acids is 1. The van der Waals surface area contributed by atoms with Crippen molar-refractivity contribution in [1.29, 1.82) is 0 Å². The van der Waals surface area contributed by atoms with Gasteiger partial charge < -0.3 is 5.32 Å². The summed E-state index contributed by atoms with van der Waals surface area (Å²) >= 11 is 1.39. The van der Waals surface area contributed by atoms with Crippen molar-refractivity contribution in [3.63, 3.8) is 0 Å². The molecule has 0 aliphatic rings. The predicted molar refractivity (Wildman–Crippen MR) is 91.9 cm³/mol. The number of nitrogens with one attached hydrogen (secondary N) is 1. The normalized spacial score (nSPS) is 10.5. The van der Waals surface area contributed by atoms with E-state index in [1.807, 2.05) is 17.5 Å². The molecule has 0 fully saturated rings. The van der Waals surface area contributed by atoms with Gasteiger partial charge in [-0.3, -0.25) is 9.78 Å². The molecule has 0 aliphatic carbocycles. The number of hydrogen-bond acceptors (Lipinski definition) is 4. The highest BCUT2D eigenvalue weighted by molar-refractivity contribution is 7.13. The van der Waals surface area contributed by atoms with Crippen LogP contribution < -0.4 is 5.32 Å². The molecule has 0 bridgehead atoms. The van der Waals surface area contributed by atoms with Gasteiger partial charge in [-0.2, -0.15) is 0 Å². The van der Waals surface area contributed by atoms with Gasteiger partial charge in [0.05, 0.1) is 5.69 Å². The van der Waals surface area contributed by atoms with Crippen LogP contribution >= 0.6 is 11.3 Å². The topological polar surface area (TPSA) is 54.9 Å². The standard InChI is InChI=1S/C18H16FN3OS/c19-16-6-2-1-5-15(16)18-22-14(12-24-18)7-8-17(23)21-11-13-4-3-9-20-10-13/h1-6,9-10,12H,7-8,11H2,(H,21,23). The number of halogens is 1. The summed E-state index contributed by atoms with van der Waals surface area (Å²) in [6.45, 7) is 0.463. The van der Waals surface area contributed by atoms with E-state index in [1.165, 1.54) is 17.4 Å². The van der Waals surface area contributed by atoms with E-state index in [0.717, 1.165) is 11.3 Å². The molecule has 0 aliphatic heterocycles. The van der Waals surface area contributed by atoms with E-state index in [2.05, 4.69) is 15.3 Å². The fourth-order valence-electron chi connectivity index (χ4n) is 2.21. The van der Waals surface area contributed by atoms with Gasteiger partial charge in [-0.15, -0.1) is 11.3 Å². The lowest BCUT2D eigenvalue weighted by Gasteiger charge is -2.04. The van der Waals surface area contributed by atoms with Crippen LogP contribution in [0.2, 0.25) is 0 Å². The van der Waals surface area contributed by atoms with Crippen molar-refractivity contribution in [3.05, 3.63) is 71.2 Å². The van der Waals surface area contributed by atoms with Crippen molar-refractivity contribution in [2.45, 2.75) is 19.4 Å². The summed E-state index contributed by atoms with van der Waals surface area (Å²) in [6, 6.07) is 10.3. The molecule has 3 aromatic rings. The molecule has 3 rings (SSSR count). The van der Waals surface area contributed by atoms with Crippen LogP contribution in [0.5, 0.6) is 0 Å². The molecule has 4 nitrogen and oxygen atoms in total. The Kier molecular flexibility index (Phi) is 5.28. The molecule has 0 saturated carbocycles. The van der Waals surface area contributed by atoms with Gasteiger partial charge in [0.15, 0.2) is 0 Å². The Morgan fingerprint density at radius 3 is 2.88 bits per heavy atom. The maximum absolute atomic E-state index is 13.8. The number of amides is 1. The summed E-state index contributed by atoms with van der Waals surface area (Å²) in [5, 5.41) is 5.36. The van der Waals surface area contributed by atoms with Crippen LogP contribution in [-0.2, 0) is 17.8 Å². The van der Waals surface area contributed by atoms with Crippen LogP contribution in [0.3, 0.4) is 0 Å². The number of thiazole rings is 1. The highest BCUT2D eigenvalue weighted by Gasteiger charge is 2.10. The van der Waals surface area contributed by atoms with Crippen molar-refractivity contribution in [2.75, 3.05) is 0 Å². The number of pyridine rings is 1. The molecule has 0 saturated heterocycles. The van der Waals surface area contributed by atoms with Gasteiger partial charge in [0.2, 0.25) is 5.91 Å². The molecule has 0 radical (unpaired) electrons. The summed E-state index contributed by atoms with van der Waals surface area (Å²) in [5.41, 5.74) is 2.26. The predicted octanol–water partition coefficient (Wildman–Crippen LogP) is 3.59. The molecule has 1 N–H and O–H groups in total. The van der Waals surface area contributed by atoms with Gasteiger partial charge in [0, 0.05) is 36.3 Å². The van der Waals surface area contributed by atoms with E-state index in [0.29, 0.717) is 30.0 Å². The largest absolute Gasteiger partial charge is 0.352 e. The van der Waals surface area contributed by atoms with Gasteiger partial charge in [0.25, 0.3) is 0 Å². The number of carbonyl (C=O) groups is 1. The quantitative estimate of drug-likeness (QED) is 0.745. The SMILES string of the molecule is O=C(CCc1csc(-c2ccccc2F)n1)NCc1cccnc1. The van der Waals surface area contributed by atoms with Crippen LogP contribution in [0.25, 0.3) is 10.6 Å². The van der Waals surface area contributed by atoms with E-state index < -0.39 is 0 Å². The zero-order chi connectivity index (χ0) is 16.8. The molecular formula is C18H16FN3OS. The fraction of sp³-hybridized carbons (Fsp3) is 0.167. The molecule has 6 heteroatoms. The number of benzene rings is 1. The summed E-state index contributed by atoms with van der Waals surface area (Å²) in [5.74, 6) is -0.327. The Balaban J connectivity index is 1.52. The first kappa shape index (κ1) is 16.3. The molecule has 0 unspecified atom stereocenters. The highest BCUT2D eigenvalue weighted by Crippen LogP contribution is 2.26. The lowest BCUT2D eigenvalue weighted by atomic mass is 10.2. The van der Waals surface area contributed by atoms with Crippen LogP contribution in [0.4, 0.5) is 4.39 Å². The Morgan fingerprint density at radius 2 is 2.08 bits per heavy atom. The highest BCUT2D eigenvalue weighted by atomic mass is 32.1. The molecule has 2 heterocycles. The number of nitrogens with zero attached hydrogens (tertiary/aromatic N) is 2. The second kappa shape index (κ2) is 7.79. The number of aryl methyl sites for hydroxylation is 1. The smallest absolute Gasteiger partial charge is 0.220 e. The average molecular weight is 341 g/mol. The minimum Gasteiger partial charge on any atom is -0.352 e. The third-order valence-electron chi connectivity index (χ3n) is 3.48. The van der Waals surface area contributed by atoms with Gasteiger partial charge in [-0.25, -0.2) is 9.37 Å². The third-order valence-corrected chi connectivity index (χ3v) is 4.40. The first-order valence-electron chi connectivity index (χ1n) is 7.57. The summed E-state index contributed by atoms with van der Waals surface area (Å²) in [6.07, 6.45) is 4.30. The molecule has 122 valence electrons. The minimum absolute atomic E-state index is 0.0423. The van der Waals surface area contributed by atoms with Gasteiger partial charge >= 0.3 is 0 Å². The first-order chi connectivity index (χ1) is 11.7. The third kappa shape index (κ3) is 4.23. The Labute approximate surface area is 143 Å². The second-order valence-corrected chi connectivity index (χ2v) is 6.12. The molecule has 2 aromatic heterocycles. The lowest BCUT2D eigenvalue weighted by Crippen LogP contribution is -2.23. The molecule has 0 spiro atoms. The summed E-state index contributed by atoms with van der Waals surface area (Å²) in [4.78, 5) is 20.3. The van der Waals surface area contributed by atoms with Crippen molar-refractivity contribution in [1.82, 2.24) is 15.3 Å². The van der Waals surface area contributed by atoms with Crippen molar-refractivity contribution >= 4 is 17.2 Å². The van der Waals surface area contributed by atoms with Crippen LogP contribution in [0.1, 0.15) is 17.7 Å². The maximum atomic E-state index is 13.8. The second-order valence-electron chi connectivity index (χ2n) is 5.26. The van der Waals surface area contributed by atoms with Gasteiger partial charge in [-0.1, -0.05) is 18.2 Å². The summed E-state index contributed by atoms with van der Waals surface area (Å²) < 4.78 is 13.8. The minimum atomic E-state index is -0.285. The van der Waals surface area contributed by atoms with Gasteiger partial charge in [0.1, 0.15) is 10.8 Å². The zero-order valence-electron chi connectivity index (χ0n) is 12.9. The van der Waals surface area contributed by atoms with Crippen molar-refractivity contribution in [3.8, 4) is 10.6 Å². The van der Waals surface area contributed by atoms with Crippen LogP contribution in [0.15, 0.2) is 54.2 Å². The van der Waals surface area contributed by atoms with E-state index in [1.54, 1.807) is 30.6 Å². The fourth-order valence-corrected chi connectivity index (χ4v) is 3.09. The zero-order valence-corrected chi connectivity index (χ0v) is 13.7. The maximum Gasteiger partial charge on any atom is 0.220 e. The molecule has 0 atom stereocenters. The average Bonchev–Trinajstić information content (AvgIpc) is 3.08. The monoisotopic (exact) mass is 341 g/mol. The number of hydrogen-bond donors (Lipinski definition) is 1. The molecular weight excluding hydrogens is 325 g/mol. The Hall–Kier alpha value is -2.60. The molecule has 24 heavy (non-hydrogen) atoms. The van der Waals surface area contributed by atoms with E-state index >= 15 is 0 Å². The molecule has 1 aromatic carbocycles. The molecule has 1 amide bonds. The Morgan fingerprint density at radius 1 is 1.21 bits per heavy atom. The first-order valence-corrected chi connectivity index (χ1v) is 8.45. The van der Waals surface area contributed by atoms with Crippen molar-refractivity contribution in [2.24, 2.45) is 0 Å². The number of rotatable bonds is 6. The Bertz CT molecular complexity index is 820. The summed E-state index contributed by atoms with van der Waals surface area (Å²) in [7, 11) is 0. The lowest BCUT2D eigenvalue weighted by molar-refractivity contribution is -0.121. The van der Waals surface area contributed by atoms with Gasteiger partial charge in [-0.05, 0) is 30.2 Å². The van der Waals surface area contributed by atoms with E-state index in [-0.39, 0.29) is 11.7 Å². The van der Waals surface area contributed by atoms with Crippen LogP contribution in [-0.4, -0.2) is 15.9 Å².